The van der Waals surface area contributed by atoms with Crippen molar-refractivity contribution in [3.63, 3.8) is 0 Å². The van der Waals surface area contributed by atoms with E-state index in [1.807, 2.05) is 26.0 Å². The summed E-state index contributed by atoms with van der Waals surface area (Å²) in [5.41, 5.74) is 2.91. The summed E-state index contributed by atoms with van der Waals surface area (Å²) in [6.07, 6.45) is 2.50. The number of hydrogen-bond acceptors (Lipinski definition) is 5. The molecular formula is C22H27N3O3S2. The van der Waals surface area contributed by atoms with Crippen LogP contribution in [-0.4, -0.2) is 31.0 Å². The molecule has 1 aromatic heterocycles. The average molecular weight is 446 g/mol. The molecule has 160 valence electrons. The van der Waals surface area contributed by atoms with Crippen LogP contribution in [0, 0.1) is 0 Å². The fourth-order valence-corrected chi connectivity index (χ4v) is 6.14. The number of aromatic nitrogens is 1. The van der Waals surface area contributed by atoms with Gasteiger partial charge in [-0.3, -0.25) is 14.3 Å². The first-order chi connectivity index (χ1) is 14.3. The summed E-state index contributed by atoms with van der Waals surface area (Å²) in [5.74, 6) is 0. The summed E-state index contributed by atoms with van der Waals surface area (Å²) in [4.78, 5) is 14.8. The Bertz CT molecular complexity index is 1210. The lowest BCUT2D eigenvalue weighted by Crippen LogP contribution is -2.23. The molecule has 1 N–H and O–H groups in total. The first-order valence-corrected chi connectivity index (χ1v) is 12.6. The molecule has 0 atom stereocenters. The molecule has 6 nitrogen and oxygen atoms in total. The third-order valence-corrected chi connectivity index (χ3v) is 7.79. The number of likely N-dealkylation sites (tertiary alicyclic amines) is 1. The number of thiazole rings is 1. The molecule has 0 saturated carbocycles. The molecule has 2 aromatic carbocycles. The first-order valence-electron chi connectivity index (χ1n) is 10.3. The second-order valence-corrected chi connectivity index (χ2v) is 10.8. The Morgan fingerprint density at radius 2 is 1.80 bits per heavy atom. The number of hydrogen-bond donors (Lipinski definition) is 1. The maximum atomic E-state index is 12.8. The van der Waals surface area contributed by atoms with Gasteiger partial charge in [0.1, 0.15) is 0 Å². The lowest BCUT2D eigenvalue weighted by Gasteiger charge is -2.15. The molecule has 0 amide bonds. The Kier molecular flexibility index (Phi) is 6.11. The Hall–Kier alpha value is -2.00. The molecule has 1 saturated heterocycles. The van der Waals surface area contributed by atoms with Crippen LogP contribution in [0.3, 0.4) is 0 Å². The third-order valence-electron chi connectivity index (χ3n) is 5.47. The van der Waals surface area contributed by atoms with E-state index < -0.39 is 10.0 Å². The van der Waals surface area contributed by atoms with Gasteiger partial charge in [-0.15, -0.1) is 0 Å². The van der Waals surface area contributed by atoms with Gasteiger partial charge in [-0.2, -0.15) is 0 Å². The molecule has 1 fully saturated rings. The van der Waals surface area contributed by atoms with Gasteiger partial charge in [0.15, 0.2) is 0 Å². The van der Waals surface area contributed by atoms with Crippen LogP contribution in [0.4, 0.5) is 0 Å². The Labute approximate surface area is 181 Å². The van der Waals surface area contributed by atoms with E-state index in [0.717, 1.165) is 42.1 Å². The summed E-state index contributed by atoms with van der Waals surface area (Å²) in [7, 11) is -3.67. The number of fused-ring (bicyclic) bond motifs is 1. The highest BCUT2D eigenvalue weighted by Gasteiger charge is 2.18. The van der Waals surface area contributed by atoms with Crippen molar-refractivity contribution < 1.29 is 8.42 Å². The molecule has 3 aromatic rings. The maximum Gasteiger partial charge on any atom is 0.308 e. The van der Waals surface area contributed by atoms with Crippen LogP contribution in [-0.2, 0) is 23.1 Å². The molecule has 30 heavy (non-hydrogen) atoms. The van der Waals surface area contributed by atoms with Crippen LogP contribution in [0.2, 0.25) is 0 Å². The van der Waals surface area contributed by atoms with Crippen molar-refractivity contribution in [1.82, 2.24) is 14.2 Å². The van der Waals surface area contributed by atoms with Crippen LogP contribution in [0.15, 0.2) is 52.2 Å². The summed E-state index contributed by atoms with van der Waals surface area (Å²) in [5, 5.41) is 0. The molecular weight excluding hydrogens is 418 g/mol. The quantitative estimate of drug-likeness (QED) is 0.602. The molecule has 0 aliphatic carbocycles. The van der Waals surface area contributed by atoms with Gasteiger partial charge in [-0.05, 0) is 69.1 Å². The maximum absolute atomic E-state index is 12.8. The molecule has 8 heteroatoms. The van der Waals surface area contributed by atoms with Gasteiger partial charge >= 0.3 is 4.87 Å². The van der Waals surface area contributed by atoms with Gasteiger partial charge in [0, 0.05) is 19.1 Å². The van der Waals surface area contributed by atoms with Crippen molar-refractivity contribution in [3.05, 3.63) is 63.3 Å². The third kappa shape index (κ3) is 4.51. The Morgan fingerprint density at radius 3 is 2.53 bits per heavy atom. The molecule has 0 unspecified atom stereocenters. The van der Waals surface area contributed by atoms with Crippen molar-refractivity contribution in [2.45, 2.75) is 50.7 Å². The predicted octanol–water partition coefficient (Wildman–Crippen LogP) is 3.72. The Morgan fingerprint density at radius 1 is 1.07 bits per heavy atom. The zero-order valence-corrected chi connectivity index (χ0v) is 18.9. The highest BCUT2D eigenvalue weighted by molar-refractivity contribution is 7.89. The number of nitrogens with zero attached hydrogens (tertiary/aromatic N) is 2. The second kappa shape index (κ2) is 8.63. The van der Waals surface area contributed by atoms with Crippen LogP contribution in [0.5, 0.6) is 0 Å². The standard InChI is InChI=1S/C22H27N3O3S2/c1-16(2)25-20-9-8-19(13-21(20)29-22(25)26)30(27,28)23-14-17-6-5-7-18(12-17)15-24-10-3-4-11-24/h5-9,12-13,16,23H,3-4,10-11,14-15H2,1-2H3. The molecule has 4 rings (SSSR count). The van der Waals surface area contributed by atoms with Crippen molar-refractivity contribution in [2.75, 3.05) is 13.1 Å². The zero-order valence-electron chi connectivity index (χ0n) is 17.3. The van der Waals surface area contributed by atoms with E-state index in [-0.39, 0.29) is 22.4 Å². The van der Waals surface area contributed by atoms with Crippen molar-refractivity contribution in [3.8, 4) is 0 Å². The van der Waals surface area contributed by atoms with E-state index in [1.54, 1.807) is 22.8 Å². The van der Waals surface area contributed by atoms with E-state index in [9.17, 15) is 13.2 Å². The van der Waals surface area contributed by atoms with E-state index in [0.29, 0.717) is 4.70 Å². The van der Waals surface area contributed by atoms with E-state index in [4.69, 9.17) is 0 Å². The normalized spacial score (nSPS) is 15.4. The smallest absolute Gasteiger partial charge is 0.299 e. The van der Waals surface area contributed by atoms with E-state index >= 15 is 0 Å². The van der Waals surface area contributed by atoms with Gasteiger partial charge in [0.25, 0.3) is 0 Å². The number of benzene rings is 2. The molecule has 0 bridgehead atoms. The van der Waals surface area contributed by atoms with E-state index in [1.165, 1.54) is 18.4 Å². The number of rotatable bonds is 7. The largest absolute Gasteiger partial charge is 0.308 e. The molecule has 1 aliphatic heterocycles. The van der Waals surface area contributed by atoms with Crippen LogP contribution >= 0.6 is 11.3 Å². The van der Waals surface area contributed by atoms with Crippen molar-refractivity contribution in [2.24, 2.45) is 0 Å². The molecule has 0 radical (unpaired) electrons. The highest BCUT2D eigenvalue weighted by atomic mass is 32.2. The molecule has 0 spiro atoms. The van der Waals surface area contributed by atoms with Gasteiger partial charge in [0.2, 0.25) is 10.0 Å². The van der Waals surface area contributed by atoms with Crippen molar-refractivity contribution in [1.29, 1.82) is 0 Å². The molecule has 2 heterocycles. The van der Waals surface area contributed by atoms with Crippen molar-refractivity contribution >= 4 is 31.6 Å². The van der Waals surface area contributed by atoms with Crippen LogP contribution < -0.4 is 9.60 Å². The molecule has 1 aliphatic rings. The highest BCUT2D eigenvalue weighted by Crippen LogP contribution is 2.24. The first kappa shape index (κ1) is 21.2. The topological polar surface area (TPSA) is 71.4 Å². The minimum Gasteiger partial charge on any atom is -0.299 e. The lowest BCUT2D eigenvalue weighted by molar-refractivity contribution is 0.331. The summed E-state index contributed by atoms with van der Waals surface area (Å²) >= 11 is 1.08. The fraction of sp³-hybridized carbons (Fsp3) is 0.409. The van der Waals surface area contributed by atoms with Crippen LogP contribution in [0.1, 0.15) is 43.9 Å². The Balaban J connectivity index is 1.50. The zero-order chi connectivity index (χ0) is 21.3. The summed E-state index contributed by atoms with van der Waals surface area (Å²) in [6, 6.07) is 13.0. The lowest BCUT2D eigenvalue weighted by atomic mass is 10.1. The van der Waals surface area contributed by atoms with Gasteiger partial charge < -0.3 is 0 Å². The number of nitrogens with one attached hydrogen (secondary N) is 1. The number of sulfonamides is 1. The average Bonchev–Trinajstić information content (AvgIpc) is 3.32. The fourth-order valence-electron chi connectivity index (χ4n) is 3.97. The minimum absolute atomic E-state index is 0.0275. The van der Waals surface area contributed by atoms with Gasteiger partial charge in [-0.1, -0.05) is 35.6 Å². The SMILES string of the molecule is CC(C)n1c(=O)sc2cc(S(=O)(=O)NCc3cccc(CN4CCCC4)c3)ccc21. The predicted molar refractivity (Wildman–Crippen MR) is 121 cm³/mol. The summed E-state index contributed by atoms with van der Waals surface area (Å²) in [6.45, 7) is 7.28. The second-order valence-electron chi connectivity index (χ2n) is 8.09. The minimum atomic E-state index is -3.67. The van der Waals surface area contributed by atoms with Gasteiger partial charge in [-0.25, -0.2) is 13.1 Å². The van der Waals surface area contributed by atoms with Gasteiger partial charge in [0.05, 0.1) is 15.1 Å². The van der Waals surface area contributed by atoms with Crippen LogP contribution in [0.25, 0.3) is 10.2 Å². The monoisotopic (exact) mass is 445 g/mol. The summed E-state index contributed by atoms with van der Waals surface area (Å²) < 4.78 is 30.8. The van der Waals surface area contributed by atoms with E-state index in [2.05, 4.69) is 21.8 Å².